The van der Waals surface area contributed by atoms with Crippen LogP contribution >= 0.6 is 15.9 Å². The van der Waals surface area contributed by atoms with E-state index in [4.69, 9.17) is 9.84 Å². The number of hydrogen-bond acceptors (Lipinski definition) is 2. The molecule has 0 saturated heterocycles. The summed E-state index contributed by atoms with van der Waals surface area (Å²) in [5.41, 5.74) is 0.158. The highest BCUT2D eigenvalue weighted by Gasteiger charge is 2.08. The fourth-order valence-corrected chi connectivity index (χ4v) is 1.41. The largest absolute Gasteiger partial charge is 0.480 e. The number of carbonyl (C=O) groups is 1. The van der Waals surface area contributed by atoms with E-state index in [9.17, 15) is 13.6 Å². The third-order valence-corrected chi connectivity index (χ3v) is 2.44. The number of hydrogen-bond donors (Lipinski definition) is 1. The Morgan fingerprint density at radius 1 is 1.38 bits per heavy atom. The summed E-state index contributed by atoms with van der Waals surface area (Å²) < 4.78 is 31.1. The zero-order valence-corrected chi connectivity index (χ0v) is 9.76. The zero-order chi connectivity index (χ0) is 12.1. The highest BCUT2D eigenvalue weighted by atomic mass is 79.9. The molecule has 0 bridgehead atoms. The van der Waals surface area contributed by atoms with E-state index in [1.165, 1.54) is 0 Å². The lowest BCUT2D eigenvalue weighted by atomic mass is 10.1. The van der Waals surface area contributed by atoms with E-state index in [2.05, 4.69) is 15.9 Å². The third-order valence-electron chi connectivity index (χ3n) is 1.83. The molecule has 0 heterocycles. The molecular weight excluding hydrogens is 286 g/mol. The Hall–Kier alpha value is -1.01. The molecule has 0 aromatic heterocycles. The van der Waals surface area contributed by atoms with Crippen LogP contribution in [0.4, 0.5) is 8.78 Å². The van der Waals surface area contributed by atoms with Gasteiger partial charge in [0.1, 0.15) is 18.2 Å². The second-order valence-corrected chi connectivity index (χ2v) is 3.91. The molecule has 0 aliphatic rings. The van der Waals surface area contributed by atoms with E-state index in [0.717, 1.165) is 12.1 Å². The van der Waals surface area contributed by atoms with Crippen LogP contribution in [0.2, 0.25) is 0 Å². The molecule has 0 spiro atoms. The highest BCUT2D eigenvalue weighted by molar-refractivity contribution is 9.10. The van der Waals surface area contributed by atoms with Crippen LogP contribution in [-0.2, 0) is 16.0 Å². The highest BCUT2D eigenvalue weighted by Crippen LogP contribution is 2.20. The maximum atomic E-state index is 13.2. The average Bonchev–Trinajstić information content (AvgIpc) is 2.19. The third kappa shape index (κ3) is 3.86. The Bertz CT molecular complexity index is 396. The van der Waals surface area contributed by atoms with Gasteiger partial charge >= 0.3 is 5.97 Å². The van der Waals surface area contributed by atoms with Crippen LogP contribution in [-0.4, -0.2) is 24.3 Å². The molecule has 0 unspecified atom stereocenters. The van der Waals surface area contributed by atoms with Gasteiger partial charge in [-0.3, -0.25) is 0 Å². The van der Waals surface area contributed by atoms with Gasteiger partial charge in [-0.2, -0.15) is 0 Å². The first kappa shape index (κ1) is 13.1. The molecule has 1 rings (SSSR count). The quantitative estimate of drug-likeness (QED) is 0.670. The molecule has 1 N–H and O–H groups in total. The lowest BCUT2D eigenvalue weighted by molar-refractivity contribution is -0.142. The van der Waals surface area contributed by atoms with Crippen molar-refractivity contribution >= 4 is 21.9 Å². The van der Waals surface area contributed by atoms with Crippen molar-refractivity contribution in [3.63, 3.8) is 0 Å². The number of halogens is 3. The van der Waals surface area contributed by atoms with Gasteiger partial charge in [0.25, 0.3) is 0 Å². The Kier molecular flexibility index (Phi) is 4.82. The maximum absolute atomic E-state index is 13.2. The van der Waals surface area contributed by atoms with Gasteiger partial charge in [0.05, 0.1) is 11.1 Å². The van der Waals surface area contributed by atoms with Crippen molar-refractivity contribution in [2.45, 2.75) is 6.42 Å². The Labute approximate surface area is 99.2 Å². The number of carboxylic acid groups (broad SMARTS) is 1. The minimum atomic E-state index is -1.09. The van der Waals surface area contributed by atoms with E-state index in [-0.39, 0.29) is 23.1 Å². The molecule has 0 aliphatic heterocycles. The lowest BCUT2D eigenvalue weighted by Crippen LogP contribution is -2.09. The van der Waals surface area contributed by atoms with Crippen molar-refractivity contribution in [3.05, 3.63) is 33.8 Å². The Balaban J connectivity index is 2.54. The summed E-state index contributed by atoms with van der Waals surface area (Å²) in [7, 11) is 0. The Morgan fingerprint density at radius 2 is 2.06 bits per heavy atom. The van der Waals surface area contributed by atoms with Crippen molar-refractivity contribution < 1.29 is 23.4 Å². The van der Waals surface area contributed by atoms with Gasteiger partial charge in [-0.1, -0.05) is 0 Å². The fraction of sp³-hybridized carbons (Fsp3) is 0.300. The SMILES string of the molecule is O=C(O)COCCc1cc(F)c(Br)cc1F. The molecule has 6 heteroatoms. The van der Waals surface area contributed by atoms with Gasteiger partial charge in [0.15, 0.2) is 0 Å². The van der Waals surface area contributed by atoms with Gasteiger partial charge in [-0.05, 0) is 40.0 Å². The smallest absolute Gasteiger partial charge is 0.329 e. The van der Waals surface area contributed by atoms with Crippen LogP contribution in [0, 0.1) is 11.6 Å². The first-order valence-corrected chi connectivity index (χ1v) is 5.23. The molecule has 3 nitrogen and oxygen atoms in total. The van der Waals surface area contributed by atoms with Gasteiger partial charge in [0, 0.05) is 0 Å². The second-order valence-electron chi connectivity index (χ2n) is 3.05. The average molecular weight is 295 g/mol. The number of carboxylic acids is 1. The normalized spacial score (nSPS) is 10.4. The minimum Gasteiger partial charge on any atom is -0.480 e. The van der Waals surface area contributed by atoms with E-state index in [1.807, 2.05) is 0 Å². The molecule has 1 aromatic rings. The molecule has 0 saturated carbocycles. The number of aliphatic carboxylic acids is 1. The molecule has 88 valence electrons. The van der Waals surface area contributed by atoms with Crippen molar-refractivity contribution in [3.8, 4) is 0 Å². The van der Waals surface area contributed by atoms with Crippen LogP contribution in [0.15, 0.2) is 16.6 Å². The number of benzene rings is 1. The second kappa shape index (κ2) is 5.91. The lowest BCUT2D eigenvalue weighted by Gasteiger charge is -2.05. The van der Waals surface area contributed by atoms with Crippen molar-refractivity contribution in [2.24, 2.45) is 0 Å². The molecule has 0 radical (unpaired) electrons. The minimum absolute atomic E-state index is 0.0320. The van der Waals surface area contributed by atoms with E-state index >= 15 is 0 Å². The van der Waals surface area contributed by atoms with Crippen LogP contribution in [0.5, 0.6) is 0 Å². The number of ether oxygens (including phenoxy) is 1. The molecule has 0 fully saturated rings. The maximum Gasteiger partial charge on any atom is 0.329 e. The zero-order valence-electron chi connectivity index (χ0n) is 8.17. The molecule has 16 heavy (non-hydrogen) atoms. The van der Waals surface area contributed by atoms with Crippen molar-refractivity contribution in [1.29, 1.82) is 0 Å². The van der Waals surface area contributed by atoms with Gasteiger partial charge < -0.3 is 9.84 Å². The van der Waals surface area contributed by atoms with Crippen LogP contribution in [0.1, 0.15) is 5.56 Å². The van der Waals surface area contributed by atoms with Crippen LogP contribution in [0.3, 0.4) is 0 Å². The number of rotatable bonds is 5. The standard InChI is InChI=1S/C10H9BrF2O3/c11-7-4-8(12)6(3-9(7)13)1-2-16-5-10(14)15/h3-4H,1-2,5H2,(H,14,15). The van der Waals surface area contributed by atoms with E-state index in [1.54, 1.807) is 0 Å². The van der Waals surface area contributed by atoms with Crippen molar-refractivity contribution in [2.75, 3.05) is 13.2 Å². The Morgan fingerprint density at radius 3 is 2.69 bits per heavy atom. The summed E-state index contributed by atoms with van der Waals surface area (Å²) in [5.74, 6) is -2.20. The summed E-state index contributed by atoms with van der Waals surface area (Å²) in [5, 5.41) is 8.28. The van der Waals surface area contributed by atoms with Gasteiger partial charge in [0.2, 0.25) is 0 Å². The first-order valence-electron chi connectivity index (χ1n) is 4.43. The summed E-state index contributed by atoms with van der Waals surface area (Å²) >= 11 is 2.86. The van der Waals surface area contributed by atoms with Crippen LogP contribution in [0.25, 0.3) is 0 Å². The summed E-state index contributed by atoms with van der Waals surface area (Å²) in [6.07, 6.45) is 0.128. The molecule has 0 amide bonds. The van der Waals surface area contributed by atoms with Gasteiger partial charge in [-0.25, -0.2) is 13.6 Å². The molecule has 0 aliphatic carbocycles. The van der Waals surface area contributed by atoms with E-state index in [0.29, 0.717) is 0 Å². The monoisotopic (exact) mass is 294 g/mol. The topological polar surface area (TPSA) is 46.5 Å². The summed E-state index contributed by atoms with van der Waals surface area (Å²) in [4.78, 5) is 10.1. The molecule has 1 aromatic carbocycles. The molecular formula is C10H9BrF2O3. The first-order chi connectivity index (χ1) is 7.50. The summed E-state index contributed by atoms with van der Waals surface area (Å²) in [6.45, 7) is -0.412. The predicted octanol–water partition coefficient (Wildman–Crippen LogP) is 2.37. The van der Waals surface area contributed by atoms with Gasteiger partial charge in [-0.15, -0.1) is 0 Å². The van der Waals surface area contributed by atoms with Crippen molar-refractivity contribution in [1.82, 2.24) is 0 Å². The molecule has 0 atom stereocenters. The van der Waals surface area contributed by atoms with E-state index < -0.39 is 24.2 Å². The fourth-order valence-electron chi connectivity index (χ4n) is 1.10. The predicted molar refractivity (Wildman–Crippen MR) is 56.2 cm³/mol. The summed E-state index contributed by atoms with van der Waals surface area (Å²) in [6, 6.07) is 2.09. The van der Waals surface area contributed by atoms with Crippen LogP contribution < -0.4 is 0 Å².